The minimum Gasteiger partial charge on any atom is -0.244 e. The van der Waals surface area contributed by atoms with E-state index in [1.54, 1.807) is 13.8 Å². The van der Waals surface area contributed by atoms with Crippen LogP contribution in [0.15, 0.2) is 0 Å². The summed E-state index contributed by atoms with van der Waals surface area (Å²) in [5, 5.41) is 0. The second-order valence-electron chi connectivity index (χ2n) is 9.18. The predicted molar refractivity (Wildman–Crippen MR) is 109 cm³/mol. The average molecular weight is 379 g/mol. The number of hydrogen-bond acceptors (Lipinski definition) is 0. The van der Waals surface area contributed by atoms with Gasteiger partial charge in [-0.3, -0.25) is 0 Å². The summed E-state index contributed by atoms with van der Waals surface area (Å²) in [6, 6.07) is 0. The fraction of sp³-hybridized carbons (Fsp3) is 1.00. The van der Waals surface area contributed by atoms with Gasteiger partial charge in [0, 0.05) is 5.41 Å². The molecule has 0 rings (SSSR count). The topological polar surface area (TPSA) is 0 Å². The van der Waals surface area contributed by atoms with Crippen LogP contribution in [0.5, 0.6) is 0 Å². The first-order chi connectivity index (χ1) is 11.9. The quantitative estimate of drug-likeness (QED) is 0.283. The van der Waals surface area contributed by atoms with Gasteiger partial charge >= 0.3 is 0 Å². The Labute approximate surface area is 161 Å². The van der Waals surface area contributed by atoms with Crippen LogP contribution in [0.2, 0.25) is 0 Å². The molecule has 3 heteroatoms. The van der Waals surface area contributed by atoms with Crippen molar-refractivity contribution in [3.8, 4) is 0 Å². The molecule has 0 N–H and O–H groups in total. The Kier molecular flexibility index (Phi) is 10.3. The van der Waals surface area contributed by atoms with Gasteiger partial charge in [0.1, 0.15) is 17.0 Å². The summed E-state index contributed by atoms with van der Waals surface area (Å²) in [6.07, 6.45) is 4.91. The lowest BCUT2D eigenvalue weighted by atomic mass is 9.67. The average Bonchev–Trinajstić information content (AvgIpc) is 2.58. The van der Waals surface area contributed by atoms with E-state index in [0.717, 1.165) is 19.3 Å². The summed E-state index contributed by atoms with van der Waals surface area (Å²) in [5.41, 5.74) is -4.68. The standard InChI is InChI=1S/C23H45F3/c1-9-14-21(7,24)15-17-23(26,19(10-2)11-3)18-16-22(8,25)20(6,12-4)13-5/h19H,9-18H2,1-8H3. The first kappa shape index (κ1) is 25.8. The smallest absolute Gasteiger partial charge is 0.114 e. The summed E-state index contributed by atoms with van der Waals surface area (Å²) >= 11 is 0. The number of rotatable bonds is 14. The molecule has 0 spiro atoms. The molecule has 3 atom stereocenters. The maximum absolute atomic E-state index is 16.0. The number of halogens is 3. The molecule has 0 radical (unpaired) electrons. The van der Waals surface area contributed by atoms with Crippen LogP contribution in [0.25, 0.3) is 0 Å². The maximum Gasteiger partial charge on any atom is 0.114 e. The largest absolute Gasteiger partial charge is 0.244 e. The third-order valence-corrected chi connectivity index (χ3v) is 7.38. The Hall–Kier alpha value is -0.210. The highest BCUT2D eigenvalue weighted by molar-refractivity contribution is 4.96. The van der Waals surface area contributed by atoms with Crippen LogP contribution in [0.3, 0.4) is 0 Å². The third kappa shape index (κ3) is 6.75. The zero-order valence-corrected chi connectivity index (χ0v) is 18.8. The van der Waals surface area contributed by atoms with Crippen molar-refractivity contribution in [2.75, 3.05) is 0 Å². The van der Waals surface area contributed by atoms with Gasteiger partial charge in [-0.25, -0.2) is 13.2 Å². The number of alkyl halides is 3. The van der Waals surface area contributed by atoms with E-state index in [9.17, 15) is 4.39 Å². The molecule has 0 aromatic rings. The summed E-state index contributed by atoms with van der Waals surface area (Å²) < 4.78 is 46.1. The Morgan fingerprint density at radius 2 is 1.12 bits per heavy atom. The van der Waals surface area contributed by atoms with Gasteiger partial charge in [0.25, 0.3) is 0 Å². The lowest BCUT2D eigenvalue weighted by molar-refractivity contribution is -0.0308. The first-order valence-electron chi connectivity index (χ1n) is 10.9. The number of hydrogen-bond donors (Lipinski definition) is 0. The molecule has 0 aliphatic heterocycles. The lowest BCUT2D eigenvalue weighted by Crippen LogP contribution is -2.43. The van der Waals surface area contributed by atoms with Crippen LogP contribution in [-0.2, 0) is 0 Å². The molecule has 0 bridgehead atoms. The second kappa shape index (κ2) is 10.4. The zero-order chi connectivity index (χ0) is 20.6. The van der Waals surface area contributed by atoms with E-state index in [1.165, 1.54) is 0 Å². The fourth-order valence-electron chi connectivity index (χ4n) is 4.40. The van der Waals surface area contributed by atoms with E-state index in [4.69, 9.17) is 0 Å². The van der Waals surface area contributed by atoms with Crippen molar-refractivity contribution in [2.24, 2.45) is 11.3 Å². The van der Waals surface area contributed by atoms with Crippen molar-refractivity contribution in [3.05, 3.63) is 0 Å². The molecule has 0 aliphatic rings. The Balaban J connectivity index is 5.32. The van der Waals surface area contributed by atoms with E-state index in [2.05, 4.69) is 0 Å². The lowest BCUT2D eigenvalue weighted by Gasteiger charge is -2.43. The molecule has 0 fully saturated rings. The minimum atomic E-state index is -1.49. The molecular weight excluding hydrogens is 333 g/mol. The van der Waals surface area contributed by atoms with E-state index in [0.29, 0.717) is 19.3 Å². The molecule has 0 saturated heterocycles. The summed E-state index contributed by atoms with van der Waals surface area (Å²) in [4.78, 5) is 0. The van der Waals surface area contributed by atoms with E-state index in [-0.39, 0.29) is 31.6 Å². The molecule has 0 nitrogen and oxygen atoms in total. The van der Waals surface area contributed by atoms with Crippen LogP contribution in [0, 0.1) is 11.3 Å². The summed E-state index contributed by atoms with van der Waals surface area (Å²) in [5.74, 6) is -0.134. The van der Waals surface area contributed by atoms with Crippen molar-refractivity contribution in [1.29, 1.82) is 0 Å². The van der Waals surface area contributed by atoms with Crippen LogP contribution < -0.4 is 0 Å². The molecule has 0 heterocycles. The Morgan fingerprint density at radius 3 is 1.50 bits per heavy atom. The predicted octanol–water partition coefficient (Wildman–Crippen LogP) is 8.77. The molecule has 0 aromatic heterocycles. The van der Waals surface area contributed by atoms with Gasteiger partial charge in [-0.15, -0.1) is 0 Å². The maximum atomic E-state index is 16.0. The minimum absolute atomic E-state index is 0.134. The van der Waals surface area contributed by atoms with Crippen molar-refractivity contribution < 1.29 is 13.2 Å². The molecule has 158 valence electrons. The normalized spacial score (nSPS) is 19.8. The van der Waals surface area contributed by atoms with E-state index in [1.807, 2.05) is 41.5 Å². The van der Waals surface area contributed by atoms with Gasteiger partial charge in [0.2, 0.25) is 0 Å². The molecule has 0 amide bonds. The molecule has 0 aromatic carbocycles. The third-order valence-electron chi connectivity index (χ3n) is 7.38. The van der Waals surface area contributed by atoms with Gasteiger partial charge in [0.05, 0.1) is 0 Å². The highest BCUT2D eigenvalue weighted by Gasteiger charge is 2.46. The Morgan fingerprint density at radius 1 is 0.654 bits per heavy atom. The van der Waals surface area contributed by atoms with Crippen LogP contribution in [-0.4, -0.2) is 17.0 Å². The van der Waals surface area contributed by atoms with Gasteiger partial charge < -0.3 is 0 Å². The van der Waals surface area contributed by atoms with Crippen molar-refractivity contribution in [3.63, 3.8) is 0 Å². The van der Waals surface area contributed by atoms with Gasteiger partial charge in [-0.2, -0.15) is 0 Å². The second-order valence-corrected chi connectivity index (χ2v) is 9.18. The van der Waals surface area contributed by atoms with Crippen molar-refractivity contribution in [2.45, 2.75) is 137 Å². The summed E-state index contributed by atoms with van der Waals surface area (Å²) in [7, 11) is 0. The van der Waals surface area contributed by atoms with Crippen molar-refractivity contribution >= 4 is 0 Å². The van der Waals surface area contributed by atoms with E-state index >= 15 is 8.78 Å². The zero-order valence-electron chi connectivity index (χ0n) is 18.8. The molecule has 0 aliphatic carbocycles. The molecule has 0 saturated carbocycles. The first-order valence-corrected chi connectivity index (χ1v) is 10.9. The highest BCUT2D eigenvalue weighted by atomic mass is 19.2. The van der Waals surface area contributed by atoms with Gasteiger partial charge in [0.15, 0.2) is 0 Å². The summed E-state index contributed by atoms with van der Waals surface area (Å²) in [6.45, 7) is 15.1. The van der Waals surface area contributed by atoms with Crippen molar-refractivity contribution in [1.82, 2.24) is 0 Å². The molecule has 26 heavy (non-hydrogen) atoms. The monoisotopic (exact) mass is 378 g/mol. The highest BCUT2D eigenvalue weighted by Crippen LogP contribution is 2.47. The van der Waals surface area contributed by atoms with Crippen LogP contribution in [0.4, 0.5) is 13.2 Å². The molecular formula is C23H45F3. The SMILES string of the molecule is CCCC(C)(F)CCC(F)(CCC(C)(F)C(C)(CC)CC)C(CC)CC. The molecule has 3 unspecified atom stereocenters. The van der Waals surface area contributed by atoms with Gasteiger partial charge in [-0.05, 0) is 64.7 Å². The van der Waals surface area contributed by atoms with E-state index < -0.39 is 22.4 Å². The van der Waals surface area contributed by atoms with Crippen LogP contribution >= 0.6 is 0 Å². The fourth-order valence-corrected chi connectivity index (χ4v) is 4.40. The van der Waals surface area contributed by atoms with Gasteiger partial charge in [-0.1, -0.05) is 60.8 Å². The van der Waals surface area contributed by atoms with Crippen LogP contribution in [0.1, 0.15) is 120 Å². The Bertz CT molecular complexity index is 381.